The average Bonchev–Trinajstić information content (AvgIpc) is 2.56. The highest BCUT2D eigenvalue weighted by Gasteiger charge is 2.13. The van der Waals surface area contributed by atoms with Gasteiger partial charge in [-0.25, -0.2) is 17.5 Å². The molecule has 0 aromatic heterocycles. The van der Waals surface area contributed by atoms with E-state index in [4.69, 9.17) is 5.26 Å². The van der Waals surface area contributed by atoms with E-state index in [1.165, 1.54) is 36.0 Å². The minimum atomic E-state index is -3.63. The summed E-state index contributed by atoms with van der Waals surface area (Å²) in [6.45, 7) is 0.234. The SMILES string of the molecule is N#Cc1cccc(S(=O)(=O)NCCSCc2ccccc2F)c1. The minimum absolute atomic E-state index is 0.0654. The maximum atomic E-state index is 13.4. The van der Waals surface area contributed by atoms with E-state index in [9.17, 15) is 12.8 Å². The van der Waals surface area contributed by atoms with Gasteiger partial charge in [-0.1, -0.05) is 24.3 Å². The van der Waals surface area contributed by atoms with Crippen LogP contribution in [0, 0.1) is 17.1 Å². The number of halogens is 1. The van der Waals surface area contributed by atoms with Crippen LogP contribution in [0.3, 0.4) is 0 Å². The summed E-state index contributed by atoms with van der Waals surface area (Å²) in [5.41, 5.74) is 0.892. The highest BCUT2D eigenvalue weighted by Crippen LogP contribution is 2.15. The molecule has 0 atom stereocenters. The molecule has 4 nitrogen and oxygen atoms in total. The van der Waals surface area contributed by atoms with Crippen molar-refractivity contribution >= 4 is 21.8 Å². The van der Waals surface area contributed by atoms with Crippen LogP contribution < -0.4 is 4.72 Å². The molecule has 0 spiro atoms. The number of rotatable bonds is 7. The highest BCUT2D eigenvalue weighted by atomic mass is 32.2. The van der Waals surface area contributed by atoms with E-state index >= 15 is 0 Å². The van der Waals surface area contributed by atoms with Crippen molar-refractivity contribution in [1.29, 1.82) is 5.26 Å². The highest BCUT2D eigenvalue weighted by molar-refractivity contribution is 7.98. The van der Waals surface area contributed by atoms with Crippen LogP contribution in [0.15, 0.2) is 53.4 Å². The van der Waals surface area contributed by atoms with E-state index in [-0.39, 0.29) is 17.3 Å². The number of nitrogens with one attached hydrogen (secondary N) is 1. The zero-order chi connectivity index (χ0) is 16.7. The molecule has 0 saturated heterocycles. The molecule has 23 heavy (non-hydrogen) atoms. The Hall–Kier alpha value is -1.88. The van der Waals surface area contributed by atoms with Gasteiger partial charge < -0.3 is 0 Å². The van der Waals surface area contributed by atoms with Crippen LogP contribution in [0.5, 0.6) is 0 Å². The molecule has 0 unspecified atom stereocenters. The van der Waals surface area contributed by atoms with Crippen molar-refractivity contribution in [2.24, 2.45) is 0 Å². The van der Waals surface area contributed by atoms with Gasteiger partial charge in [-0.3, -0.25) is 0 Å². The van der Waals surface area contributed by atoms with Crippen molar-refractivity contribution in [2.45, 2.75) is 10.6 Å². The molecule has 0 heterocycles. The van der Waals surface area contributed by atoms with E-state index in [0.29, 0.717) is 22.6 Å². The zero-order valence-corrected chi connectivity index (χ0v) is 13.8. The van der Waals surface area contributed by atoms with Crippen molar-refractivity contribution in [1.82, 2.24) is 4.72 Å². The first-order chi connectivity index (χ1) is 11.0. The van der Waals surface area contributed by atoms with Gasteiger partial charge in [0.25, 0.3) is 0 Å². The van der Waals surface area contributed by atoms with Gasteiger partial charge in [-0.05, 0) is 29.8 Å². The topological polar surface area (TPSA) is 70.0 Å². The molecule has 2 aromatic carbocycles. The van der Waals surface area contributed by atoms with Gasteiger partial charge in [-0.2, -0.15) is 17.0 Å². The standard InChI is InChI=1S/C16H15FN2O2S2/c17-16-7-2-1-5-14(16)12-22-9-8-19-23(20,21)15-6-3-4-13(10-15)11-18/h1-7,10,19H,8-9,12H2. The third kappa shape index (κ3) is 5.06. The lowest BCUT2D eigenvalue weighted by Gasteiger charge is -2.07. The van der Waals surface area contributed by atoms with Crippen LogP contribution >= 0.6 is 11.8 Å². The summed E-state index contributed by atoms with van der Waals surface area (Å²) >= 11 is 1.44. The first-order valence-electron chi connectivity index (χ1n) is 6.84. The number of nitrogens with zero attached hydrogens (tertiary/aromatic N) is 1. The van der Waals surface area contributed by atoms with E-state index in [0.717, 1.165) is 0 Å². The van der Waals surface area contributed by atoms with Gasteiger partial charge in [-0.15, -0.1) is 0 Å². The van der Waals surface area contributed by atoms with E-state index in [2.05, 4.69) is 4.72 Å². The third-order valence-corrected chi connectivity index (χ3v) is 5.49. The maximum Gasteiger partial charge on any atom is 0.240 e. The molecule has 0 radical (unpaired) electrons. The Labute approximate surface area is 139 Å². The molecule has 120 valence electrons. The van der Waals surface area contributed by atoms with Crippen LogP contribution in [0.4, 0.5) is 4.39 Å². The Kier molecular flexibility index (Phi) is 6.16. The van der Waals surface area contributed by atoms with Crippen LogP contribution in [-0.2, 0) is 15.8 Å². The lowest BCUT2D eigenvalue weighted by atomic mass is 10.2. The Bertz CT molecular complexity index is 817. The fourth-order valence-corrected chi connectivity index (χ4v) is 3.91. The van der Waals surface area contributed by atoms with E-state index in [1.54, 1.807) is 24.3 Å². The largest absolute Gasteiger partial charge is 0.240 e. The van der Waals surface area contributed by atoms with Gasteiger partial charge in [0.15, 0.2) is 0 Å². The molecule has 0 aliphatic heterocycles. The molecule has 7 heteroatoms. The second-order valence-electron chi connectivity index (χ2n) is 4.68. The first kappa shape index (κ1) is 17.5. The van der Waals surface area contributed by atoms with Crippen molar-refractivity contribution in [2.75, 3.05) is 12.3 Å². The molecule has 2 aromatic rings. The monoisotopic (exact) mass is 350 g/mol. The summed E-state index contributed by atoms with van der Waals surface area (Å²) in [5.74, 6) is 0.748. The Morgan fingerprint density at radius 1 is 1.17 bits per heavy atom. The van der Waals surface area contributed by atoms with Gasteiger partial charge in [0, 0.05) is 18.1 Å². The van der Waals surface area contributed by atoms with E-state index < -0.39 is 10.0 Å². The number of hydrogen-bond acceptors (Lipinski definition) is 4. The second kappa shape index (κ2) is 8.11. The predicted octanol–water partition coefficient (Wildman–Crippen LogP) is 2.91. The molecule has 0 bridgehead atoms. The fourth-order valence-electron chi connectivity index (χ4n) is 1.86. The smallest absolute Gasteiger partial charge is 0.210 e. The second-order valence-corrected chi connectivity index (χ2v) is 7.55. The van der Waals surface area contributed by atoms with Crippen LogP contribution in [0.1, 0.15) is 11.1 Å². The molecular weight excluding hydrogens is 335 g/mol. The van der Waals surface area contributed by atoms with Gasteiger partial charge in [0.1, 0.15) is 5.82 Å². The minimum Gasteiger partial charge on any atom is -0.210 e. The Morgan fingerprint density at radius 2 is 1.96 bits per heavy atom. The molecule has 1 N–H and O–H groups in total. The van der Waals surface area contributed by atoms with Crippen LogP contribution in [0.25, 0.3) is 0 Å². The quantitative estimate of drug-likeness (QED) is 0.780. The fraction of sp³-hybridized carbons (Fsp3) is 0.188. The Morgan fingerprint density at radius 3 is 2.70 bits per heavy atom. The van der Waals surface area contributed by atoms with E-state index in [1.807, 2.05) is 6.07 Å². The number of benzene rings is 2. The zero-order valence-electron chi connectivity index (χ0n) is 12.2. The molecule has 0 aliphatic carbocycles. The lowest BCUT2D eigenvalue weighted by Crippen LogP contribution is -2.26. The normalized spacial score (nSPS) is 11.1. The molecule has 0 aliphatic rings. The summed E-state index contributed by atoms with van der Waals surface area (Å²) in [7, 11) is -3.63. The Balaban J connectivity index is 1.83. The molecule has 2 rings (SSSR count). The molecule has 0 fully saturated rings. The first-order valence-corrected chi connectivity index (χ1v) is 9.48. The summed E-state index contributed by atoms with van der Waals surface area (Å²) < 4.78 is 40.1. The third-order valence-electron chi connectivity index (χ3n) is 3.03. The molecule has 0 amide bonds. The van der Waals surface area contributed by atoms with Crippen LogP contribution in [-0.4, -0.2) is 20.7 Å². The van der Waals surface area contributed by atoms with Gasteiger partial charge >= 0.3 is 0 Å². The number of sulfonamides is 1. The van der Waals surface area contributed by atoms with Crippen molar-refractivity contribution in [3.63, 3.8) is 0 Å². The summed E-state index contributed by atoms with van der Waals surface area (Å²) in [5, 5.41) is 8.81. The molecule has 0 saturated carbocycles. The number of nitriles is 1. The van der Waals surface area contributed by atoms with Crippen molar-refractivity contribution < 1.29 is 12.8 Å². The number of hydrogen-bond donors (Lipinski definition) is 1. The summed E-state index contributed by atoms with van der Waals surface area (Å²) in [6.07, 6.45) is 0. The van der Waals surface area contributed by atoms with Crippen molar-refractivity contribution in [3.8, 4) is 6.07 Å². The summed E-state index contributed by atoms with van der Waals surface area (Å²) in [4.78, 5) is 0.0654. The number of thioether (sulfide) groups is 1. The van der Waals surface area contributed by atoms with Crippen molar-refractivity contribution in [3.05, 3.63) is 65.5 Å². The molecular formula is C16H15FN2O2S2. The lowest BCUT2D eigenvalue weighted by molar-refractivity contribution is 0.584. The average molecular weight is 350 g/mol. The maximum absolute atomic E-state index is 13.4. The predicted molar refractivity (Wildman–Crippen MR) is 88.9 cm³/mol. The van der Waals surface area contributed by atoms with Crippen LogP contribution in [0.2, 0.25) is 0 Å². The summed E-state index contributed by atoms with van der Waals surface area (Å²) in [6, 6.07) is 14.3. The van der Waals surface area contributed by atoms with Gasteiger partial charge in [0.05, 0.1) is 16.5 Å². The van der Waals surface area contributed by atoms with Gasteiger partial charge in [0.2, 0.25) is 10.0 Å².